The second-order valence-electron chi connectivity index (χ2n) is 5.03. The Morgan fingerprint density at radius 2 is 2.00 bits per heavy atom. The fourth-order valence-electron chi connectivity index (χ4n) is 2.16. The van der Waals surface area contributed by atoms with E-state index in [4.69, 9.17) is 0 Å². The van der Waals surface area contributed by atoms with Gasteiger partial charge in [-0.3, -0.25) is 4.79 Å². The van der Waals surface area contributed by atoms with Crippen LogP contribution in [0.15, 0.2) is 22.7 Å². The second kappa shape index (κ2) is 4.81. The molecule has 1 fully saturated rings. The van der Waals surface area contributed by atoms with E-state index in [1.165, 1.54) is 12.1 Å². The zero-order valence-electron chi connectivity index (χ0n) is 10.3. The van der Waals surface area contributed by atoms with Crippen molar-refractivity contribution >= 4 is 21.8 Å². The Morgan fingerprint density at radius 1 is 1.37 bits per heavy atom. The highest BCUT2D eigenvalue weighted by Gasteiger charge is 2.39. The molecule has 1 aromatic rings. The molecule has 19 heavy (non-hydrogen) atoms. The minimum atomic E-state index is -4.54. The topological polar surface area (TPSA) is 29.1 Å². The number of rotatable bonds is 2. The van der Waals surface area contributed by atoms with Crippen molar-refractivity contribution in [2.75, 3.05) is 0 Å². The monoisotopic (exact) mass is 335 g/mol. The number of amides is 1. The van der Waals surface area contributed by atoms with Crippen LogP contribution >= 0.6 is 15.9 Å². The lowest BCUT2D eigenvalue weighted by Crippen LogP contribution is -2.51. The van der Waals surface area contributed by atoms with Gasteiger partial charge < -0.3 is 5.32 Å². The highest BCUT2D eigenvalue weighted by Crippen LogP contribution is 2.36. The highest BCUT2D eigenvalue weighted by atomic mass is 79.9. The van der Waals surface area contributed by atoms with Crippen LogP contribution in [0, 0.1) is 0 Å². The average Bonchev–Trinajstić information content (AvgIpc) is 2.25. The Balaban J connectivity index is 2.35. The molecule has 1 aliphatic carbocycles. The van der Waals surface area contributed by atoms with Crippen LogP contribution in [0.1, 0.15) is 42.1 Å². The lowest BCUT2D eigenvalue weighted by atomic mass is 9.78. The third kappa shape index (κ3) is 2.94. The first-order valence-corrected chi connectivity index (χ1v) is 6.70. The van der Waals surface area contributed by atoms with Gasteiger partial charge in [0, 0.05) is 10.0 Å². The molecule has 0 atom stereocenters. The van der Waals surface area contributed by atoms with Gasteiger partial charge in [-0.1, -0.05) is 6.07 Å². The molecule has 0 aliphatic heterocycles. The van der Waals surface area contributed by atoms with Gasteiger partial charge in [0.05, 0.1) is 11.1 Å². The molecule has 2 rings (SSSR count). The maximum Gasteiger partial charge on any atom is 0.417 e. The molecular weight excluding hydrogens is 323 g/mol. The Hall–Kier alpha value is -1.04. The molecule has 0 aromatic heterocycles. The van der Waals surface area contributed by atoms with E-state index in [0.29, 0.717) is 0 Å². The molecule has 1 amide bonds. The van der Waals surface area contributed by atoms with E-state index in [-0.39, 0.29) is 15.6 Å². The van der Waals surface area contributed by atoms with Gasteiger partial charge in [-0.15, -0.1) is 0 Å². The van der Waals surface area contributed by atoms with Gasteiger partial charge in [-0.25, -0.2) is 0 Å². The predicted molar refractivity (Wildman–Crippen MR) is 68.9 cm³/mol. The number of hydrogen-bond acceptors (Lipinski definition) is 1. The van der Waals surface area contributed by atoms with Crippen molar-refractivity contribution in [2.24, 2.45) is 0 Å². The standard InChI is InChI=1S/C13H13BrF3NO/c1-12(6-3-7-12)18-11(19)10-8(13(15,16)17)4-2-5-9(10)14/h2,4-5H,3,6-7H2,1H3,(H,18,19). The molecule has 0 heterocycles. The maximum absolute atomic E-state index is 12.9. The van der Waals surface area contributed by atoms with Crippen LogP contribution in [0.4, 0.5) is 13.2 Å². The molecule has 0 unspecified atom stereocenters. The molecule has 1 N–H and O–H groups in total. The van der Waals surface area contributed by atoms with Crippen LogP contribution in [0.5, 0.6) is 0 Å². The van der Waals surface area contributed by atoms with Crippen molar-refractivity contribution in [3.05, 3.63) is 33.8 Å². The number of benzene rings is 1. The molecule has 1 aliphatic rings. The van der Waals surface area contributed by atoms with Crippen LogP contribution in [-0.2, 0) is 6.18 Å². The molecule has 0 radical (unpaired) electrons. The summed E-state index contributed by atoms with van der Waals surface area (Å²) in [6.07, 6.45) is -1.97. The van der Waals surface area contributed by atoms with E-state index in [0.717, 1.165) is 25.3 Å². The van der Waals surface area contributed by atoms with Crippen LogP contribution < -0.4 is 5.32 Å². The normalized spacial score (nSPS) is 17.7. The van der Waals surface area contributed by atoms with Gasteiger partial charge in [0.2, 0.25) is 0 Å². The number of hydrogen-bond donors (Lipinski definition) is 1. The van der Waals surface area contributed by atoms with Gasteiger partial charge in [0.1, 0.15) is 0 Å². The van der Waals surface area contributed by atoms with Crippen molar-refractivity contribution in [3.8, 4) is 0 Å². The summed E-state index contributed by atoms with van der Waals surface area (Å²) in [4.78, 5) is 12.1. The van der Waals surface area contributed by atoms with Gasteiger partial charge >= 0.3 is 6.18 Å². The Kier molecular flexibility index (Phi) is 3.64. The van der Waals surface area contributed by atoms with Crippen molar-refractivity contribution in [1.82, 2.24) is 5.32 Å². The van der Waals surface area contributed by atoms with Gasteiger partial charge in [-0.05, 0) is 54.2 Å². The number of carbonyl (C=O) groups excluding carboxylic acids is 1. The van der Waals surface area contributed by atoms with Crippen LogP contribution in [0.3, 0.4) is 0 Å². The first-order chi connectivity index (χ1) is 8.73. The van der Waals surface area contributed by atoms with E-state index < -0.39 is 17.6 Å². The van der Waals surface area contributed by atoms with Crippen LogP contribution in [0.2, 0.25) is 0 Å². The minimum Gasteiger partial charge on any atom is -0.347 e. The molecule has 0 spiro atoms. The lowest BCUT2D eigenvalue weighted by molar-refractivity contribution is -0.138. The van der Waals surface area contributed by atoms with Crippen molar-refractivity contribution in [3.63, 3.8) is 0 Å². The summed E-state index contributed by atoms with van der Waals surface area (Å²) in [6, 6.07) is 3.63. The first-order valence-electron chi connectivity index (χ1n) is 5.91. The molecule has 0 saturated heterocycles. The third-order valence-electron chi connectivity index (χ3n) is 3.42. The third-order valence-corrected chi connectivity index (χ3v) is 4.08. The number of nitrogens with one attached hydrogen (secondary N) is 1. The fourth-order valence-corrected chi connectivity index (χ4v) is 2.71. The summed E-state index contributed by atoms with van der Waals surface area (Å²) in [5, 5.41) is 2.69. The Morgan fingerprint density at radius 3 is 2.47 bits per heavy atom. The lowest BCUT2D eigenvalue weighted by Gasteiger charge is -2.39. The molecule has 2 nitrogen and oxygen atoms in total. The summed E-state index contributed by atoms with van der Waals surface area (Å²) in [5.41, 5.74) is -1.64. The zero-order valence-corrected chi connectivity index (χ0v) is 11.9. The maximum atomic E-state index is 12.9. The Labute approximate surface area is 117 Å². The number of halogens is 4. The first kappa shape index (κ1) is 14.4. The molecule has 0 bridgehead atoms. The molecule has 1 saturated carbocycles. The quantitative estimate of drug-likeness (QED) is 0.864. The van der Waals surface area contributed by atoms with E-state index in [9.17, 15) is 18.0 Å². The molecular formula is C13H13BrF3NO. The summed E-state index contributed by atoms with van der Waals surface area (Å²) >= 11 is 3.03. The summed E-state index contributed by atoms with van der Waals surface area (Å²) < 4.78 is 38.9. The SMILES string of the molecule is CC1(NC(=O)c2c(Br)cccc2C(F)(F)F)CCC1. The van der Waals surface area contributed by atoms with Crippen molar-refractivity contribution in [1.29, 1.82) is 0 Å². The molecule has 6 heteroatoms. The van der Waals surface area contributed by atoms with Crippen molar-refractivity contribution in [2.45, 2.75) is 37.9 Å². The van der Waals surface area contributed by atoms with Crippen molar-refractivity contribution < 1.29 is 18.0 Å². The van der Waals surface area contributed by atoms with Crippen LogP contribution in [-0.4, -0.2) is 11.4 Å². The smallest absolute Gasteiger partial charge is 0.347 e. The highest BCUT2D eigenvalue weighted by molar-refractivity contribution is 9.10. The number of carbonyl (C=O) groups is 1. The fraction of sp³-hybridized carbons (Fsp3) is 0.462. The minimum absolute atomic E-state index is 0.155. The number of alkyl halides is 3. The average molecular weight is 336 g/mol. The summed E-state index contributed by atoms with van der Waals surface area (Å²) in [7, 11) is 0. The van der Waals surface area contributed by atoms with Gasteiger partial charge in [-0.2, -0.15) is 13.2 Å². The molecule has 104 valence electrons. The molecule has 1 aromatic carbocycles. The van der Waals surface area contributed by atoms with E-state index >= 15 is 0 Å². The van der Waals surface area contributed by atoms with E-state index in [1.54, 1.807) is 0 Å². The van der Waals surface area contributed by atoms with Gasteiger partial charge in [0.15, 0.2) is 0 Å². The van der Waals surface area contributed by atoms with Gasteiger partial charge in [0.25, 0.3) is 5.91 Å². The summed E-state index contributed by atoms with van der Waals surface area (Å²) in [5.74, 6) is -0.679. The van der Waals surface area contributed by atoms with Crippen LogP contribution in [0.25, 0.3) is 0 Å². The zero-order chi connectivity index (χ0) is 14.3. The largest absolute Gasteiger partial charge is 0.417 e. The second-order valence-corrected chi connectivity index (χ2v) is 5.88. The van der Waals surface area contributed by atoms with E-state index in [1.807, 2.05) is 6.92 Å². The van der Waals surface area contributed by atoms with E-state index in [2.05, 4.69) is 21.2 Å². The summed E-state index contributed by atoms with van der Waals surface area (Å²) in [6.45, 7) is 1.85. The Bertz CT molecular complexity index is 509. The predicted octanol–water partition coefficient (Wildman–Crippen LogP) is 4.14.